The highest BCUT2D eigenvalue weighted by Crippen LogP contribution is 2.28. The van der Waals surface area contributed by atoms with Crippen LogP contribution in [-0.2, 0) is 4.74 Å². The Balaban J connectivity index is 0.00000156. The van der Waals surface area contributed by atoms with E-state index in [2.05, 4.69) is 0 Å². The van der Waals surface area contributed by atoms with Gasteiger partial charge in [0, 0.05) is 23.3 Å². The van der Waals surface area contributed by atoms with Gasteiger partial charge in [-0.25, -0.2) is 4.79 Å². The average molecular weight is 332 g/mol. The second kappa shape index (κ2) is 6.14. The molecule has 0 radical (unpaired) electrons. The number of phenols is 1. The molecule has 1 atom stereocenters. The van der Waals surface area contributed by atoms with E-state index in [1.54, 1.807) is 18.2 Å². The van der Waals surface area contributed by atoms with Gasteiger partial charge in [0.2, 0.25) is 0 Å². The molecule has 6 heteroatoms. The monoisotopic (exact) mass is 332 g/mol. The highest BCUT2D eigenvalue weighted by molar-refractivity contribution is 7.59. The molecule has 1 aromatic heterocycles. The fourth-order valence-electron chi connectivity index (χ4n) is 2.77. The number of aromatic hydroxyl groups is 1. The van der Waals surface area contributed by atoms with E-state index in [0.717, 1.165) is 17.2 Å². The molecule has 1 fully saturated rings. The van der Waals surface area contributed by atoms with Crippen molar-refractivity contribution in [2.75, 3.05) is 13.2 Å². The molecular formula is C17H16O5S. The summed E-state index contributed by atoms with van der Waals surface area (Å²) < 4.78 is 16.4. The maximum atomic E-state index is 12.2. The van der Waals surface area contributed by atoms with Gasteiger partial charge < -0.3 is 19.0 Å². The van der Waals surface area contributed by atoms with Crippen LogP contribution in [0.5, 0.6) is 11.5 Å². The Kier molecular flexibility index (Phi) is 4.19. The largest absolute Gasteiger partial charge is 0.508 e. The zero-order valence-corrected chi connectivity index (χ0v) is 13.2. The topological polar surface area (TPSA) is 68.9 Å². The molecule has 2 aromatic carbocycles. The summed E-state index contributed by atoms with van der Waals surface area (Å²) in [5.74, 6) is 0.699. The third-order valence-electron chi connectivity index (χ3n) is 3.86. The molecule has 4 rings (SSSR count). The van der Waals surface area contributed by atoms with Gasteiger partial charge in [-0.05, 0) is 30.3 Å². The van der Waals surface area contributed by atoms with Crippen molar-refractivity contribution >= 4 is 35.2 Å². The van der Waals surface area contributed by atoms with Crippen molar-refractivity contribution in [1.29, 1.82) is 0 Å². The van der Waals surface area contributed by atoms with Crippen LogP contribution in [-0.4, -0.2) is 24.4 Å². The van der Waals surface area contributed by atoms with E-state index >= 15 is 0 Å². The van der Waals surface area contributed by atoms with Crippen molar-refractivity contribution in [2.45, 2.75) is 12.5 Å². The lowest BCUT2D eigenvalue weighted by molar-refractivity contribution is 0.141. The zero-order chi connectivity index (χ0) is 15.1. The standard InChI is InChI=1S/C17H14O5.H2S/c18-10-1-3-14-13-4-2-11(21-12-5-6-20-9-12)8-15(13)17(19)22-16(14)7-10;/h1-4,7-8,12,18H,5-6,9H2;1H2/t12-;/m1./s1. The summed E-state index contributed by atoms with van der Waals surface area (Å²) in [5.41, 5.74) is -0.0726. The molecule has 120 valence electrons. The lowest BCUT2D eigenvalue weighted by Crippen LogP contribution is -2.15. The highest BCUT2D eigenvalue weighted by Gasteiger charge is 2.18. The summed E-state index contributed by atoms with van der Waals surface area (Å²) in [6.45, 7) is 1.28. The Bertz CT molecular complexity index is 912. The Labute approximate surface area is 138 Å². The van der Waals surface area contributed by atoms with Crippen LogP contribution in [0.4, 0.5) is 0 Å². The van der Waals surface area contributed by atoms with Gasteiger partial charge in [-0.15, -0.1) is 0 Å². The van der Waals surface area contributed by atoms with Crippen molar-refractivity contribution < 1.29 is 19.0 Å². The second-order valence-electron chi connectivity index (χ2n) is 5.38. The Morgan fingerprint density at radius 3 is 2.70 bits per heavy atom. The third-order valence-corrected chi connectivity index (χ3v) is 3.86. The van der Waals surface area contributed by atoms with Crippen molar-refractivity contribution in [3.05, 3.63) is 46.8 Å². The lowest BCUT2D eigenvalue weighted by Gasteiger charge is -2.12. The molecule has 1 aliphatic rings. The maximum absolute atomic E-state index is 12.2. The van der Waals surface area contributed by atoms with Crippen LogP contribution in [0.15, 0.2) is 45.6 Å². The van der Waals surface area contributed by atoms with Gasteiger partial charge in [0.05, 0.1) is 18.6 Å². The van der Waals surface area contributed by atoms with E-state index in [9.17, 15) is 9.90 Å². The smallest absolute Gasteiger partial charge is 0.344 e. The summed E-state index contributed by atoms with van der Waals surface area (Å²) in [6.07, 6.45) is 0.880. The first-order valence-corrected chi connectivity index (χ1v) is 7.15. The maximum Gasteiger partial charge on any atom is 0.344 e. The first-order valence-electron chi connectivity index (χ1n) is 7.15. The van der Waals surface area contributed by atoms with Gasteiger partial charge in [0.1, 0.15) is 23.2 Å². The van der Waals surface area contributed by atoms with Gasteiger partial charge in [0.25, 0.3) is 0 Å². The minimum atomic E-state index is -0.443. The van der Waals surface area contributed by atoms with Crippen LogP contribution >= 0.6 is 13.5 Å². The minimum absolute atomic E-state index is 0. The SMILES string of the molecule is O=c1oc2cc(O)ccc2c2ccc(O[C@@H]3CCOC3)cc12.S. The van der Waals surface area contributed by atoms with E-state index in [4.69, 9.17) is 13.9 Å². The Morgan fingerprint density at radius 2 is 1.91 bits per heavy atom. The van der Waals surface area contributed by atoms with Crippen molar-refractivity contribution in [1.82, 2.24) is 0 Å². The first-order chi connectivity index (χ1) is 10.7. The molecule has 5 nitrogen and oxygen atoms in total. The van der Waals surface area contributed by atoms with Crippen LogP contribution in [0.2, 0.25) is 0 Å². The van der Waals surface area contributed by atoms with Crippen LogP contribution in [0.1, 0.15) is 6.42 Å². The fourth-order valence-corrected chi connectivity index (χ4v) is 2.77. The van der Waals surface area contributed by atoms with E-state index in [-0.39, 0.29) is 25.3 Å². The number of fused-ring (bicyclic) bond motifs is 3. The van der Waals surface area contributed by atoms with E-state index in [1.165, 1.54) is 6.07 Å². The predicted molar refractivity (Wildman–Crippen MR) is 91.9 cm³/mol. The van der Waals surface area contributed by atoms with Gasteiger partial charge in [-0.2, -0.15) is 13.5 Å². The number of ether oxygens (including phenoxy) is 2. The normalized spacial score (nSPS) is 17.3. The lowest BCUT2D eigenvalue weighted by atomic mass is 10.1. The number of benzene rings is 2. The first kappa shape index (κ1) is 15.7. The van der Waals surface area contributed by atoms with Crippen LogP contribution in [0.3, 0.4) is 0 Å². The summed E-state index contributed by atoms with van der Waals surface area (Å²) in [4.78, 5) is 12.2. The molecule has 0 aliphatic carbocycles. The summed E-state index contributed by atoms with van der Waals surface area (Å²) in [6, 6.07) is 10.1. The van der Waals surface area contributed by atoms with Gasteiger partial charge >= 0.3 is 5.63 Å². The molecule has 23 heavy (non-hydrogen) atoms. The minimum Gasteiger partial charge on any atom is -0.508 e. The Hall–Kier alpha value is -2.18. The highest BCUT2D eigenvalue weighted by atomic mass is 32.1. The molecule has 2 heterocycles. The molecule has 0 saturated carbocycles. The molecule has 1 saturated heterocycles. The average Bonchev–Trinajstić information content (AvgIpc) is 3.00. The molecule has 0 spiro atoms. The van der Waals surface area contributed by atoms with Crippen LogP contribution < -0.4 is 10.4 Å². The number of rotatable bonds is 2. The third kappa shape index (κ3) is 2.87. The number of hydrogen-bond donors (Lipinski definition) is 1. The second-order valence-corrected chi connectivity index (χ2v) is 5.38. The molecule has 3 aromatic rings. The van der Waals surface area contributed by atoms with Crippen molar-refractivity contribution in [2.24, 2.45) is 0 Å². The molecular weight excluding hydrogens is 316 g/mol. The van der Waals surface area contributed by atoms with Crippen LogP contribution in [0.25, 0.3) is 21.7 Å². The molecule has 1 aliphatic heterocycles. The Morgan fingerprint density at radius 1 is 1.09 bits per heavy atom. The fraction of sp³-hybridized carbons (Fsp3) is 0.235. The van der Waals surface area contributed by atoms with E-state index in [0.29, 0.717) is 29.9 Å². The summed E-state index contributed by atoms with van der Waals surface area (Å²) in [7, 11) is 0. The molecule has 0 unspecified atom stereocenters. The number of hydrogen-bond acceptors (Lipinski definition) is 5. The van der Waals surface area contributed by atoms with Crippen molar-refractivity contribution in [3.8, 4) is 11.5 Å². The summed E-state index contributed by atoms with van der Waals surface area (Å²) >= 11 is 0. The molecule has 0 bridgehead atoms. The van der Waals surface area contributed by atoms with Gasteiger partial charge in [-0.1, -0.05) is 0 Å². The van der Waals surface area contributed by atoms with Crippen molar-refractivity contribution in [3.63, 3.8) is 0 Å². The van der Waals surface area contributed by atoms with Gasteiger partial charge in [0.15, 0.2) is 0 Å². The van der Waals surface area contributed by atoms with E-state index < -0.39 is 5.63 Å². The molecule has 1 N–H and O–H groups in total. The van der Waals surface area contributed by atoms with Crippen LogP contribution in [0, 0.1) is 0 Å². The van der Waals surface area contributed by atoms with E-state index in [1.807, 2.05) is 12.1 Å². The molecule has 0 amide bonds. The zero-order valence-electron chi connectivity index (χ0n) is 12.2. The quantitative estimate of drug-likeness (QED) is 0.577. The summed E-state index contributed by atoms with van der Waals surface area (Å²) in [5, 5.41) is 11.5. The number of phenolic OH excluding ortho intramolecular Hbond substituents is 1. The predicted octanol–water partition coefficient (Wildman–Crippen LogP) is 2.93. The van der Waals surface area contributed by atoms with Gasteiger partial charge in [-0.3, -0.25) is 0 Å².